The Labute approximate surface area is 409 Å². The molecular weight excluding hydrogens is 905 g/mol. The third-order valence-corrected chi connectivity index (χ3v) is 14.5. The van der Waals surface area contributed by atoms with Crippen LogP contribution in [0.3, 0.4) is 0 Å². The molecule has 69 heavy (non-hydrogen) atoms. The van der Waals surface area contributed by atoms with Crippen LogP contribution < -0.4 is 0 Å². The average Bonchev–Trinajstić information content (AvgIpc) is 3.86. The van der Waals surface area contributed by atoms with Crippen molar-refractivity contribution in [3.8, 4) is 33.4 Å². The Balaban J connectivity index is 0.000000119. The summed E-state index contributed by atoms with van der Waals surface area (Å²) in [6.45, 7) is 0. The van der Waals surface area contributed by atoms with Crippen LogP contribution in [0.1, 0.15) is 32.6 Å². The van der Waals surface area contributed by atoms with Gasteiger partial charge in [-0.05, 0) is 101 Å². The predicted octanol–water partition coefficient (Wildman–Crippen LogP) is 16.9. The number of allylic oxidation sites excluding steroid dienone is 6. The average molecular weight is 947 g/mol. The number of benzene rings is 11. The highest BCUT2D eigenvalue weighted by Gasteiger charge is 2.44. The third kappa shape index (κ3) is 7.07. The summed E-state index contributed by atoms with van der Waals surface area (Å²) in [7, 11) is 0. The maximum absolute atomic E-state index is 12.6. The predicted molar refractivity (Wildman–Crippen MR) is 290 cm³/mol. The van der Waals surface area contributed by atoms with Crippen molar-refractivity contribution in [3.05, 3.63) is 293 Å². The smallest absolute Gasteiger partial charge is 0.250 e. The van der Waals surface area contributed by atoms with Gasteiger partial charge in [0.05, 0.1) is 6.08 Å². The highest BCUT2D eigenvalue weighted by Crippen LogP contribution is 2.53. The van der Waals surface area contributed by atoms with Crippen LogP contribution in [0, 0.1) is 6.08 Å². The molecule has 324 valence electrons. The molecule has 0 heterocycles. The number of fused-ring (bicyclic) bond motifs is 11. The molecule has 3 heteroatoms. The second-order valence-corrected chi connectivity index (χ2v) is 18.4. The summed E-state index contributed by atoms with van der Waals surface area (Å²) in [4.78, 5) is 11.9. The Morgan fingerprint density at radius 1 is 0.362 bits per heavy atom. The van der Waals surface area contributed by atoms with Crippen molar-refractivity contribution < 1.29 is 9.90 Å². The summed E-state index contributed by atoms with van der Waals surface area (Å²) in [5.74, 6) is 0.118. The summed E-state index contributed by atoms with van der Waals surface area (Å²) in [6, 6.07) is 79.8. The van der Waals surface area contributed by atoms with Gasteiger partial charge in [0.1, 0.15) is 28.9 Å². The third-order valence-electron chi connectivity index (χ3n) is 13.8. The standard InChI is InChI=1S/C33H22O.C20H13Br.C13H7O/c34-33(30-18-8-5-15-26(30)27-16-6-9-19-31(27)33)32-20-10-7-17-28(32)29-21-22-11-1-2-12-23(22)24-13-3-4-14-25(24)29;21-20-12-6-5-11-18(20)19-13-14-7-1-2-8-15(14)16-9-3-4-10-17(16)19;14-13-11-7-3-1-5-9(11)10-6-2-4-8-12(10)13/h1-21,34H;1-13H;1-3,5-8H/q;;+1. The van der Waals surface area contributed by atoms with E-state index in [0.717, 1.165) is 65.7 Å². The normalized spacial score (nSPS) is 13.5. The van der Waals surface area contributed by atoms with Gasteiger partial charge in [0, 0.05) is 38.4 Å². The van der Waals surface area contributed by atoms with Gasteiger partial charge >= 0.3 is 0 Å². The lowest BCUT2D eigenvalue weighted by atomic mass is 9.79. The van der Waals surface area contributed by atoms with E-state index in [1.165, 1.54) is 54.2 Å². The zero-order valence-corrected chi connectivity index (χ0v) is 39.0. The zero-order valence-electron chi connectivity index (χ0n) is 37.4. The molecule has 3 aliphatic carbocycles. The summed E-state index contributed by atoms with van der Waals surface area (Å²) in [6.07, 6.45) is 8.48. The Morgan fingerprint density at radius 2 is 0.739 bits per heavy atom. The molecule has 3 aliphatic rings. The number of carbonyl (C=O) groups is 1. The van der Waals surface area contributed by atoms with E-state index in [1.54, 1.807) is 6.08 Å². The molecule has 1 N–H and O–H groups in total. The van der Waals surface area contributed by atoms with Gasteiger partial charge in [-0.3, -0.25) is 4.79 Å². The fraction of sp³-hybridized carbons (Fsp3) is 0.0152. The number of rotatable bonds is 3. The van der Waals surface area contributed by atoms with E-state index in [1.807, 2.05) is 66.7 Å². The molecule has 0 fully saturated rings. The quantitative estimate of drug-likeness (QED) is 0.142. The van der Waals surface area contributed by atoms with Crippen LogP contribution in [0.2, 0.25) is 0 Å². The molecule has 2 nitrogen and oxygen atoms in total. The molecule has 14 rings (SSSR count). The molecule has 0 aliphatic heterocycles. The lowest BCUT2D eigenvalue weighted by Crippen LogP contribution is -2.27. The molecule has 0 atom stereocenters. The summed E-state index contributed by atoms with van der Waals surface area (Å²) < 4.78 is 1.13. The van der Waals surface area contributed by atoms with E-state index in [2.05, 4.69) is 198 Å². The first-order valence-electron chi connectivity index (χ1n) is 23.2. The van der Waals surface area contributed by atoms with E-state index < -0.39 is 5.60 Å². The fourth-order valence-electron chi connectivity index (χ4n) is 10.7. The van der Waals surface area contributed by atoms with Crippen molar-refractivity contribution in [1.29, 1.82) is 0 Å². The molecule has 0 spiro atoms. The maximum atomic E-state index is 12.6. The molecule has 0 saturated heterocycles. The van der Waals surface area contributed by atoms with Crippen LogP contribution in [0.15, 0.2) is 259 Å². The molecular formula is C66H42BrO2+. The summed E-state index contributed by atoms with van der Waals surface area (Å²) in [5.41, 5.74) is 12.1. The molecule has 0 aromatic heterocycles. The van der Waals surface area contributed by atoms with E-state index in [4.69, 9.17) is 0 Å². The van der Waals surface area contributed by atoms with Crippen LogP contribution in [-0.4, -0.2) is 10.9 Å². The Bertz CT molecular complexity index is 3920. The minimum Gasteiger partial charge on any atom is -0.376 e. The fourth-order valence-corrected chi connectivity index (χ4v) is 11.2. The van der Waals surface area contributed by atoms with Gasteiger partial charge in [0.2, 0.25) is 5.78 Å². The number of Topliss-reactive ketones (excluding diaryl/α,β-unsaturated/α-hetero) is 1. The summed E-state index contributed by atoms with van der Waals surface area (Å²) >= 11 is 3.68. The van der Waals surface area contributed by atoms with Gasteiger partial charge < -0.3 is 5.11 Å². The number of hydrogen-bond acceptors (Lipinski definition) is 2. The van der Waals surface area contributed by atoms with E-state index in [9.17, 15) is 9.90 Å². The van der Waals surface area contributed by atoms with Crippen LogP contribution in [0.4, 0.5) is 0 Å². The SMILES string of the molecule is Brc1ccccc1-c1cc2ccccc2c2ccccc12.O=C1C2=C(C=C[C+]=C2)c2ccccc21.OC1(c2ccccc2-c2cc3ccccc3c3ccccc23)c2ccccc2-c2ccccc21. The van der Waals surface area contributed by atoms with Crippen LogP contribution >= 0.6 is 15.9 Å². The number of hydrogen-bond donors (Lipinski definition) is 1. The lowest BCUT2D eigenvalue weighted by Gasteiger charge is -2.29. The minimum atomic E-state index is -1.23. The molecule has 0 saturated carbocycles. The van der Waals surface area contributed by atoms with Crippen LogP contribution in [-0.2, 0) is 5.60 Å². The molecule has 11 aromatic rings. The Morgan fingerprint density at radius 3 is 1.26 bits per heavy atom. The van der Waals surface area contributed by atoms with E-state index >= 15 is 0 Å². The monoisotopic (exact) mass is 945 g/mol. The molecule has 0 radical (unpaired) electrons. The summed E-state index contributed by atoms with van der Waals surface area (Å²) in [5, 5.41) is 22.6. The molecule has 0 unspecified atom stereocenters. The van der Waals surface area contributed by atoms with Crippen molar-refractivity contribution in [2.45, 2.75) is 5.60 Å². The first-order valence-corrected chi connectivity index (χ1v) is 24.0. The molecule has 0 bridgehead atoms. The minimum absolute atomic E-state index is 0.118. The lowest BCUT2D eigenvalue weighted by molar-refractivity contribution is 0.104. The molecule has 0 amide bonds. The Hall–Kier alpha value is -8.30. The van der Waals surface area contributed by atoms with Gasteiger partial charge in [0.25, 0.3) is 0 Å². The van der Waals surface area contributed by atoms with Crippen LogP contribution in [0.25, 0.3) is 82.0 Å². The van der Waals surface area contributed by atoms with Gasteiger partial charge in [-0.2, -0.15) is 0 Å². The zero-order chi connectivity index (χ0) is 46.5. The van der Waals surface area contributed by atoms with Crippen LogP contribution in [0.5, 0.6) is 0 Å². The highest BCUT2D eigenvalue weighted by atomic mass is 79.9. The highest BCUT2D eigenvalue weighted by molar-refractivity contribution is 9.10. The van der Waals surface area contributed by atoms with Crippen molar-refractivity contribution in [3.63, 3.8) is 0 Å². The van der Waals surface area contributed by atoms with Crippen molar-refractivity contribution in [1.82, 2.24) is 0 Å². The number of aliphatic hydroxyl groups is 1. The van der Waals surface area contributed by atoms with Crippen molar-refractivity contribution >= 4 is 70.4 Å². The van der Waals surface area contributed by atoms with E-state index in [-0.39, 0.29) is 5.78 Å². The van der Waals surface area contributed by atoms with Gasteiger partial charge in [-0.1, -0.05) is 222 Å². The largest absolute Gasteiger partial charge is 0.376 e. The molecule has 11 aromatic carbocycles. The maximum Gasteiger partial charge on any atom is 0.250 e. The second-order valence-electron chi connectivity index (χ2n) is 17.6. The van der Waals surface area contributed by atoms with Gasteiger partial charge in [0.15, 0.2) is 0 Å². The van der Waals surface area contributed by atoms with Gasteiger partial charge in [-0.15, -0.1) is 0 Å². The number of carbonyl (C=O) groups excluding carboxylic acids is 1. The first-order chi connectivity index (χ1) is 34.0. The van der Waals surface area contributed by atoms with Crippen molar-refractivity contribution in [2.24, 2.45) is 0 Å². The number of ketones is 1. The number of halogens is 1. The second kappa shape index (κ2) is 17.4. The topological polar surface area (TPSA) is 37.3 Å². The van der Waals surface area contributed by atoms with Gasteiger partial charge in [-0.25, -0.2) is 0 Å². The van der Waals surface area contributed by atoms with E-state index in [0.29, 0.717) is 0 Å². The first kappa shape index (κ1) is 42.1. The van der Waals surface area contributed by atoms with Crippen molar-refractivity contribution in [2.75, 3.05) is 0 Å². The Kier molecular flexibility index (Phi) is 10.6.